The van der Waals surface area contributed by atoms with Gasteiger partial charge in [0, 0.05) is 6.07 Å². The first-order valence-electron chi connectivity index (χ1n) is 9.72. The normalized spacial score (nSPS) is 11.7. The predicted octanol–water partition coefficient (Wildman–Crippen LogP) is 4.70. The highest BCUT2D eigenvalue weighted by Gasteiger charge is 2.17. The van der Waals surface area contributed by atoms with Crippen LogP contribution in [0.4, 0.5) is 0 Å². The molecule has 0 radical (unpaired) electrons. The second-order valence-corrected chi connectivity index (χ2v) is 6.65. The Hall–Kier alpha value is -3.48. The molecule has 0 spiro atoms. The van der Waals surface area contributed by atoms with Gasteiger partial charge < -0.3 is 23.4 Å². The summed E-state index contributed by atoms with van der Waals surface area (Å²) in [6.45, 7) is 4.00. The maximum absolute atomic E-state index is 12.7. The van der Waals surface area contributed by atoms with Crippen molar-refractivity contribution in [2.45, 2.75) is 32.8 Å². The summed E-state index contributed by atoms with van der Waals surface area (Å²) >= 11 is 0. The van der Waals surface area contributed by atoms with Crippen molar-refractivity contribution in [3.63, 3.8) is 0 Å². The number of esters is 1. The Morgan fingerprint density at radius 3 is 2.47 bits per heavy atom. The highest BCUT2D eigenvalue weighted by molar-refractivity contribution is 5.79. The van der Waals surface area contributed by atoms with Gasteiger partial charge >= 0.3 is 5.97 Å². The van der Waals surface area contributed by atoms with E-state index in [2.05, 4.69) is 0 Å². The lowest BCUT2D eigenvalue weighted by Crippen LogP contribution is -2.26. The van der Waals surface area contributed by atoms with Gasteiger partial charge in [0.2, 0.25) is 11.2 Å². The molecule has 7 nitrogen and oxygen atoms in total. The number of hydrogen-bond acceptors (Lipinski definition) is 7. The average Bonchev–Trinajstić information content (AvgIpc) is 2.76. The molecule has 1 heterocycles. The quantitative estimate of drug-likeness (QED) is 0.372. The summed E-state index contributed by atoms with van der Waals surface area (Å²) in [6.07, 6.45) is 2.22. The molecule has 3 aromatic rings. The number of unbranched alkanes of at least 4 members (excludes halogenated alkanes) is 1. The van der Waals surface area contributed by atoms with Gasteiger partial charge in [-0.05, 0) is 49.7 Å². The number of methoxy groups -OCH3 is 1. The van der Waals surface area contributed by atoms with Crippen LogP contribution in [0.3, 0.4) is 0 Å². The highest BCUT2D eigenvalue weighted by Crippen LogP contribution is 2.25. The van der Waals surface area contributed by atoms with Gasteiger partial charge in [0.1, 0.15) is 29.1 Å². The molecule has 0 fully saturated rings. The van der Waals surface area contributed by atoms with Crippen LogP contribution >= 0.6 is 0 Å². The van der Waals surface area contributed by atoms with Crippen molar-refractivity contribution < 1.29 is 28.2 Å². The third kappa shape index (κ3) is 5.11. The Bertz CT molecular complexity index is 1050. The lowest BCUT2D eigenvalue weighted by molar-refractivity contribution is -0.151. The Morgan fingerprint density at radius 2 is 1.77 bits per heavy atom. The Labute approximate surface area is 174 Å². The summed E-state index contributed by atoms with van der Waals surface area (Å²) in [7, 11) is 1.57. The van der Waals surface area contributed by atoms with Crippen LogP contribution in [0.1, 0.15) is 26.7 Å². The van der Waals surface area contributed by atoms with E-state index in [1.807, 2.05) is 6.92 Å². The fourth-order valence-electron chi connectivity index (χ4n) is 2.69. The van der Waals surface area contributed by atoms with Gasteiger partial charge in [-0.2, -0.15) is 0 Å². The molecule has 158 valence electrons. The van der Waals surface area contributed by atoms with Gasteiger partial charge in [-0.15, -0.1) is 0 Å². The van der Waals surface area contributed by atoms with Gasteiger partial charge in [0.15, 0.2) is 6.10 Å². The zero-order valence-corrected chi connectivity index (χ0v) is 17.2. The first-order chi connectivity index (χ1) is 14.5. The van der Waals surface area contributed by atoms with E-state index in [0.29, 0.717) is 34.8 Å². The third-order valence-corrected chi connectivity index (χ3v) is 4.39. The van der Waals surface area contributed by atoms with Crippen LogP contribution < -0.4 is 19.6 Å². The maximum Gasteiger partial charge on any atom is 0.347 e. The molecule has 0 N–H and O–H groups in total. The fourth-order valence-corrected chi connectivity index (χ4v) is 2.69. The number of hydrogen-bond donors (Lipinski definition) is 0. The predicted molar refractivity (Wildman–Crippen MR) is 112 cm³/mol. The van der Waals surface area contributed by atoms with E-state index < -0.39 is 12.1 Å². The summed E-state index contributed by atoms with van der Waals surface area (Å²) in [6, 6.07) is 11.6. The van der Waals surface area contributed by atoms with Crippen molar-refractivity contribution in [2.24, 2.45) is 0 Å². The molecular weight excluding hydrogens is 388 g/mol. The summed E-state index contributed by atoms with van der Waals surface area (Å²) < 4.78 is 27.1. The monoisotopic (exact) mass is 412 g/mol. The molecule has 0 amide bonds. The first kappa shape index (κ1) is 21.2. The summed E-state index contributed by atoms with van der Waals surface area (Å²) in [5.74, 6) is 1.19. The molecule has 2 aromatic carbocycles. The first-order valence-corrected chi connectivity index (χ1v) is 9.72. The SMILES string of the molecule is CCCCOC(=O)[C@@H](C)Oc1ccc2c(=O)c(Oc3ccc(OC)cc3)coc2c1. The molecule has 1 aromatic heterocycles. The van der Waals surface area contributed by atoms with E-state index in [-0.39, 0.29) is 11.2 Å². The van der Waals surface area contributed by atoms with Crippen LogP contribution in [0.15, 0.2) is 57.9 Å². The van der Waals surface area contributed by atoms with Gasteiger partial charge in [-0.25, -0.2) is 4.79 Å². The summed E-state index contributed by atoms with van der Waals surface area (Å²) in [5.41, 5.74) is 0.0109. The second-order valence-electron chi connectivity index (χ2n) is 6.65. The average molecular weight is 412 g/mol. The molecule has 3 rings (SSSR count). The van der Waals surface area contributed by atoms with Crippen LogP contribution in [-0.2, 0) is 9.53 Å². The lowest BCUT2D eigenvalue weighted by atomic mass is 10.2. The van der Waals surface area contributed by atoms with E-state index in [1.165, 1.54) is 6.26 Å². The molecule has 0 unspecified atom stereocenters. The zero-order chi connectivity index (χ0) is 21.5. The topological polar surface area (TPSA) is 84.2 Å². The van der Waals surface area contributed by atoms with Gasteiger partial charge in [0.25, 0.3) is 0 Å². The maximum atomic E-state index is 12.7. The largest absolute Gasteiger partial charge is 0.497 e. The molecule has 0 aliphatic rings. The van der Waals surface area contributed by atoms with Crippen molar-refractivity contribution in [3.05, 3.63) is 59.0 Å². The minimum atomic E-state index is -0.774. The molecular formula is C23H24O7. The summed E-state index contributed by atoms with van der Waals surface area (Å²) in [4.78, 5) is 24.7. The number of carbonyl (C=O) groups is 1. The number of carbonyl (C=O) groups excluding carboxylic acids is 1. The van der Waals surface area contributed by atoms with Crippen molar-refractivity contribution in [1.29, 1.82) is 0 Å². The molecule has 0 saturated heterocycles. The third-order valence-electron chi connectivity index (χ3n) is 4.39. The number of fused-ring (bicyclic) bond motifs is 1. The van der Waals surface area contributed by atoms with E-state index >= 15 is 0 Å². The minimum Gasteiger partial charge on any atom is -0.497 e. The van der Waals surface area contributed by atoms with E-state index in [9.17, 15) is 9.59 Å². The molecule has 0 saturated carbocycles. The van der Waals surface area contributed by atoms with Crippen molar-refractivity contribution in [2.75, 3.05) is 13.7 Å². The van der Waals surface area contributed by atoms with E-state index in [0.717, 1.165) is 12.8 Å². The highest BCUT2D eigenvalue weighted by atomic mass is 16.6. The zero-order valence-electron chi connectivity index (χ0n) is 17.2. The van der Waals surface area contributed by atoms with Crippen molar-refractivity contribution >= 4 is 16.9 Å². The molecule has 0 bridgehead atoms. The summed E-state index contributed by atoms with van der Waals surface area (Å²) in [5, 5.41) is 0.339. The van der Waals surface area contributed by atoms with Crippen LogP contribution in [-0.4, -0.2) is 25.8 Å². The van der Waals surface area contributed by atoms with Gasteiger partial charge in [-0.1, -0.05) is 13.3 Å². The fraction of sp³-hybridized carbons (Fsp3) is 0.304. The van der Waals surface area contributed by atoms with Crippen LogP contribution in [0.25, 0.3) is 11.0 Å². The Kier molecular flexibility index (Phi) is 6.95. The van der Waals surface area contributed by atoms with Crippen molar-refractivity contribution in [1.82, 2.24) is 0 Å². The van der Waals surface area contributed by atoms with Gasteiger partial charge in [0.05, 0.1) is 19.1 Å². The van der Waals surface area contributed by atoms with Crippen LogP contribution in [0, 0.1) is 0 Å². The Balaban J connectivity index is 1.73. The molecule has 0 aliphatic carbocycles. The lowest BCUT2D eigenvalue weighted by Gasteiger charge is -2.14. The number of ether oxygens (including phenoxy) is 4. The van der Waals surface area contributed by atoms with Crippen LogP contribution in [0.5, 0.6) is 23.0 Å². The molecule has 7 heteroatoms. The van der Waals surface area contributed by atoms with E-state index in [1.54, 1.807) is 56.5 Å². The standard InChI is InChI=1S/C23H24O7/c1-4-5-12-27-23(25)15(2)29-18-10-11-19-20(13-18)28-14-21(22(19)24)30-17-8-6-16(26-3)7-9-17/h6-11,13-15H,4-5,12H2,1-3H3/t15-/m1/s1. The molecule has 1 atom stereocenters. The van der Waals surface area contributed by atoms with Crippen LogP contribution in [0.2, 0.25) is 0 Å². The molecule has 0 aliphatic heterocycles. The number of benzene rings is 2. The minimum absolute atomic E-state index is 0.0641. The smallest absolute Gasteiger partial charge is 0.347 e. The van der Waals surface area contributed by atoms with E-state index in [4.69, 9.17) is 23.4 Å². The van der Waals surface area contributed by atoms with Crippen molar-refractivity contribution in [3.8, 4) is 23.0 Å². The number of rotatable bonds is 9. The second kappa shape index (κ2) is 9.82. The molecule has 30 heavy (non-hydrogen) atoms. The Morgan fingerprint density at radius 1 is 1.07 bits per heavy atom. The van der Waals surface area contributed by atoms with Gasteiger partial charge in [-0.3, -0.25) is 4.79 Å².